The third-order valence-electron chi connectivity index (χ3n) is 5.48. The molecular weight excluding hydrogens is 216 g/mol. The maximum Gasteiger partial charge on any atom is 0.167 e. The number of rotatable bonds is 0. The summed E-state index contributed by atoms with van der Waals surface area (Å²) in [5.41, 5.74) is -0.668. The molecule has 3 aliphatic rings. The van der Waals surface area contributed by atoms with E-state index >= 15 is 0 Å². The topological polar surface area (TPSA) is 46.5 Å². The minimum atomic E-state index is -0.934. The number of ketones is 1. The van der Waals surface area contributed by atoms with E-state index in [4.69, 9.17) is 4.74 Å². The molecule has 3 rings (SSSR count). The van der Waals surface area contributed by atoms with Gasteiger partial charge in [0.15, 0.2) is 5.78 Å². The normalized spacial score (nSPS) is 52.4. The molecule has 3 heteroatoms. The summed E-state index contributed by atoms with van der Waals surface area (Å²) >= 11 is 0. The van der Waals surface area contributed by atoms with Crippen LogP contribution in [0, 0.1) is 17.3 Å². The fourth-order valence-corrected chi connectivity index (χ4v) is 4.14. The van der Waals surface area contributed by atoms with Crippen molar-refractivity contribution in [3.05, 3.63) is 0 Å². The third kappa shape index (κ3) is 1.45. The minimum absolute atomic E-state index is 0.106. The van der Waals surface area contributed by atoms with Crippen molar-refractivity contribution in [2.45, 2.75) is 64.3 Å². The highest BCUT2D eigenvalue weighted by atomic mass is 16.5. The van der Waals surface area contributed by atoms with E-state index in [-0.39, 0.29) is 17.3 Å². The van der Waals surface area contributed by atoms with Gasteiger partial charge in [-0.2, -0.15) is 0 Å². The quantitative estimate of drug-likeness (QED) is 0.701. The summed E-state index contributed by atoms with van der Waals surface area (Å²) in [4.78, 5) is 12.3. The van der Waals surface area contributed by atoms with Crippen molar-refractivity contribution in [3.63, 3.8) is 0 Å². The lowest BCUT2D eigenvalue weighted by Gasteiger charge is -2.53. The van der Waals surface area contributed by atoms with Crippen LogP contribution in [0.25, 0.3) is 0 Å². The van der Waals surface area contributed by atoms with Crippen LogP contribution < -0.4 is 0 Å². The highest BCUT2D eigenvalue weighted by Crippen LogP contribution is 2.58. The molecule has 2 aliphatic heterocycles. The highest BCUT2D eigenvalue weighted by molar-refractivity contribution is 5.88. The summed E-state index contributed by atoms with van der Waals surface area (Å²) in [5, 5.41) is 10.1. The number of aliphatic hydroxyl groups excluding tert-OH is 1. The SMILES string of the molecule is CC1(C)C[C@@H]2[C@@H]3CC[C@@H](O)C(C)(O3)C(=O)C[C@H]21. The van der Waals surface area contributed by atoms with E-state index in [1.165, 1.54) is 0 Å². The molecule has 1 saturated carbocycles. The Hall–Kier alpha value is -0.410. The molecule has 0 aromatic heterocycles. The lowest BCUT2D eigenvalue weighted by Crippen LogP contribution is -2.54. The number of carbonyl (C=O) groups excluding carboxylic acids is 1. The smallest absolute Gasteiger partial charge is 0.167 e. The van der Waals surface area contributed by atoms with Gasteiger partial charge in [0, 0.05) is 6.42 Å². The largest absolute Gasteiger partial charge is 0.390 e. The number of ether oxygens (including phenoxy) is 1. The van der Waals surface area contributed by atoms with E-state index in [9.17, 15) is 9.90 Å². The van der Waals surface area contributed by atoms with E-state index in [1.807, 2.05) is 0 Å². The first-order valence-electron chi connectivity index (χ1n) is 6.74. The standard InChI is InChI=1S/C14H22O3/c1-13(2)7-8-9(13)6-12(16)14(3)11(15)5-4-10(8)17-14/h8-11,15H,4-7H2,1-3H3/t8-,9+,10-,11+,14?/m0/s1. The molecule has 2 heterocycles. The molecule has 0 aromatic rings. The van der Waals surface area contributed by atoms with E-state index in [1.54, 1.807) is 6.92 Å². The van der Waals surface area contributed by atoms with Gasteiger partial charge in [-0.3, -0.25) is 4.79 Å². The first-order chi connectivity index (χ1) is 7.84. The van der Waals surface area contributed by atoms with Crippen molar-refractivity contribution in [2.24, 2.45) is 17.3 Å². The van der Waals surface area contributed by atoms with Gasteiger partial charge >= 0.3 is 0 Å². The van der Waals surface area contributed by atoms with Crippen LogP contribution in [0.2, 0.25) is 0 Å². The van der Waals surface area contributed by atoms with Crippen molar-refractivity contribution in [3.8, 4) is 0 Å². The molecular formula is C14H22O3. The van der Waals surface area contributed by atoms with E-state index in [0.29, 0.717) is 24.7 Å². The molecule has 0 spiro atoms. The maximum atomic E-state index is 12.3. The second kappa shape index (κ2) is 3.33. The molecule has 2 saturated heterocycles. The summed E-state index contributed by atoms with van der Waals surface area (Å²) < 4.78 is 5.99. The van der Waals surface area contributed by atoms with Gasteiger partial charge in [-0.25, -0.2) is 0 Å². The van der Waals surface area contributed by atoms with Crippen molar-refractivity contribution >= 4 is 5.78 Å². The van der Waals surface area contributed by atoms with Crippen LogP contribution >= 0.6 is 0 Å². The number of fused-ring (bicyclic) bond motifs is 4. The van der Waals surface area contributed by atoms with Gasteiger partial charge in [-0.1, -0.05) is 13.8 Å². The molecule has 0 aromatic carbocycles. The predicted octanol–water partition coefficient (Wildman–Crippen LogP) is 1.92. The summed E-state index contributed by atoms with van der Waals surface area (Å²) in [6, 6.07) is 0. The van der Waals surface area contributed by atoms with Gasteiger partial charge in [0.25, 0.3) is 0 Å². The van der Waals surface area contributed by atoms with Crippen molar-refractivity contribution in [1.82, 2.24) is 0 Å². The molecule has 3 fully saturated rings. The van der Waals surface area contributed by atoms with Gasteiger partial charge < -0.3 is 9.84 Å². The van der Waals surface area contributed by atoms with Crippen LogP contribution in [0.3, 0.4) is 0 Å². The van der Waals surface area contributed by atoms with Crippen LogP contribution in [0.15, 0.2) is 0 Å². The van der Waals surface area contributed by atoms with E-state index in [2.05, 4.69) is 13.8 Å². The van der Waals surface area contributed by atoms with Crippen molar-refractivity contribution in [1.29, 1.82) is 0 Å². The fourth-order valence-electron chi connectivity index (χ4n) is 4.14. The molecule has 5 atom stereocenters. The maximum absolute atomic E-state index is 12.3. The second-order valence-electron chi connectivity index (χ2n) is 6.95. The minimum Gasteiger partial charge on any atom is -0.390 e. The Kier molecular flexibility index (Phi) is 2.28. The Morgan fingerprint density at radius 3 is 2.65 bits per heavy atom. The predicted molar refractivity (Wildman–Crippen MR) is 63.5 cm³/mol. The molecule has 1 unspecified atom stereocenters. The number of hydrogen-bond acceptors (Lipinski definition) is 3. The molecule has 1 aliphatic carbocycles. The first kappa shape index (κ1) is 11.7. The van der Waals surface area contributed by atoms with Crippen LogP contribution in [0.4, 0.5) is 0 Å². The number of Topliss-reactive ketones (excluding diaryl/α,β-unsaturated/α-hetero) is 1. The third-order valence-corrected chi connectivity index (χ3v) is 5.48. The Morgan fingerprint density at radius 2 is 2.00 bits per heavy atom. The number of aliphatic hydroxyl groups is 1. The summed E-state index contributed by atoms with van der Waals surface area (Å²) in [6.45, 7) is 6.27. The Morgan fingerprint density at radius 1 is 1.29 bits per heavy atom. The first-order valence-corrected chi connectivity index (χ1v) is 6.74. The number of hydrogen-bond donors (Lipinski definition) is 1. The van der Waals surface area contributed by atoms with Crippen LogP contribution in [0.5, 0.6) is 0 Å². The number of carbonyl (C=O) groups is 1. The summed E-state index contributed by atoms with van der Waals surface area (Å²) in [6.07, 6.45) is 2.92. The lowest BCUT2D eigenvalue weighted by molar-refractivity contribution is -0.203. The van der Waals surface area contributed by atoms with Crippen LogP contribution in [-0.4, -0.2) is 28.7 Å². The van der Waals surface area contributed by atoms with E-state index < -0.39 is 11.7 Å². The molecule has 96 valence electrons. The second-order valence-corrected chi connectivity index (χ2v) is 6.95. The molecule has 0 amide bonds. The van der Waals surface area contributed by atoms with Crippen LogP contribution in [0.1, 0.15) is 46.5 Å². The zero-order chi connectivity index (χ0) is 12.4. The molecule has 17 heavy (non-hydrogen) atoms. The monoisotopic (exact) mass is 238 g/mol. The molecule has 0 radical (unpaired) electrons. The molecule has 2 bridgehead atoms. The Balaban J connectivity index is 1.94. The zero-order valence-corrected chi connectivity index (χ0v) is 10.9. The highest BCUT2D eigenvalue weighted by Gasteiger charge is 2.59. The Bertz CT molecular complexity index is 362. The average molecular weight is 238 g/mol. The zero-order valence-electron chi connectivity index (χ0n) is 10.9. The van der Waals surface area contributed by atoms with Crippen LogP contribution in [-0.2, 0) is 9.53 Å². The van der Waals surface area contributed by atoms with Gasteiger partial charge in [-0.05, 0) is 43.4 Å². The van der Waals surface area contributed by atoms with Gasteiger partial charge in [0.05, 0.1) is 12.2 Å². The van der Waals surface area contributed by atoms with Gasteiger partial charge in [0.1, 0.15) is 5.60 Å². The van der Waals surface area contributed by atoms with Gasteiger partial charge in [-0.15, -0.1) is 0 Å². The van der Waals surface area contributed by atoms with Crippen molar-refractivity contribution in [2.75, 3.05) is 0 Å². The molecule has 1 N–H and O–H groups in total. The summed E-state index contributed by atoms with van der Waals surface area (Å²) in [5.74, 6) is 1.09. The average Bonchev–Trinajstić information content (AvgIpc) is 2.33. The van der Waals surface area contributed by atoms with E-state index in [0.717, 1.165) is 12.8 Å². The lowest BCUT2D eigenvalue weighted by atomic mass is 9.52. The summed E-state index contributed by atoms with van der Waals surface area (Å²) in [7, 11) is 0. The van der Waals surface area contributed by atoms with Gasteiger partial charge in [0.2, 0.25) is 0 Å². The molecule has 3 nitrogen and oxygen atoms in total. The fraction of sp³-hybridized carbons (Fsp3) is 0.929. The Labute approximate surface area is 103 Å². The van der Waals surface area contributed by atoms with Crippen molar-refractivity contribution < 1.29 is 14.6 Å².